The van der Waals surface area contributed by atoms with Crippen molar-refractivity contribution in [2.45, 2.75) is 52.2 Å². The molecule has 0 spiro atoms. The second-order valence-electron chi connectivity index (χ2n) is 8.71. The molecule has 0 saturated carbocycles. The van der Waals surface area contributed by atoms with Crippen LogP contribution in [-0.2, 0) is 10.2 Å². The van der Waals surface area contributed by atoms with E-state index < -0.39 is 6.10 Å². The van der Waals surface area contributed by atoms with E-state index >= 15 is 0 Å². The van der Waals surface area contributed by atoms with Gasteiger partial charge < -0.3 is 19.3 Å². The maximum absolute atomic E-state index is 9.96. The lowest BCUT2D eigenvalue weighted by Crippen LogP contribution is -2.25. The van der Waals surface area contributed by atoms with Gasteiger partial charge in [-0.15, -0.1) is 11.6 Å². The van der Waals surface area contributed by atoms with Crippen LogP contribution in [-0.4, -0.2) is 43.0 Å². The highest BCUT2D eigenvalue weighted by Crippen LogP contribution is 2.35. The van der Waals surface area contributed by atoms with Crippen LogP contribution in [0.4, 0.5) is 0 Å². The summed E-state index contributed by atoms with van der Waals surface area (Å²) in [6.07, 6.45) is -0.553. The van der Waals surface area contributed by atoms with Gasteiger partial charge in [-0.2, -0.15) is 0 Å². The lowest BCUT2D eigenvalue weighted by Gasteiger charge is -2.27. The number of alkyl halides is 1. The first-order valence-corrected chi connectivity index (χ1v) is 12.3. The Morgan fingerprint density at radius 3 is 2.16 bits per heavy atom. The van der Waals surface area contributed by atoms with Gasteiger partial charge in [-0.3, -0.25) is 0 Å². The molecule has 0 saturated heterocycles. The van der Waals surface area contributed by atoms with E-state index in [4.69, 9.17) is 25.8 Å². The summed E-state index contributed by atoms with van der Waals surface area (Å²) in [4.78, 5) is 0. The summed E-state index contributed by atoms with van der Waals surface area (Å²) < 4.78 is 18.1. The first-order valence-electron chi connectivity index (χ1n) is 10.6. The number of aliphatic hydroxyl groups is 1. The molecule has 2 unspecified atom stereocenters. The molecule has 1 N–H and O–H groups in total. The molecule has 6 heteroatoms. The van der Waals surface area contributed by atoms with Crippen molar-refractivity contribution in [3.05, 3.63) is 57.2 Å². The fourth-order valence-electron chi connectivity index (χ4n) is 2.96. The maximum Gasteiger partial charge on any atom is 0.132 e. The van der Waals surface area contributed by atoms with Crippen LogP contribution in [0, 0.1) is 9.49 Å². The summed E-state index contributed by atoms with van der Waals surface area (Å²) in [6.45, 7) is 11.5. The normalized spacial score (nSPS) is 13.8. The molecule has 0 bridgehead atoms. The lowest BCUT2D eigenvalue weighted by atomic mass is 9.78. The van der Waals surface area contributed by atoms with Crippen LogP contribution in [0.25, 0.3) is 0 Å². The van der Waals surface area contributed by atoms with Crippen molar-refractivity contribution in [1.29, 1.82) is 0 Å². The average Bonchev–Trinajstić information content (AvgIpc) is 2.75. The number of ether oxygens (including phenoxy) is 3. The van der Waals surface area contributed by atoms with Gasteiger partial charge in [0.2, 0.25) is 0 Å². The first kappa shape index (κ1) is 26.2. The van der Waals surface area contributed by atoms with Crippen LogP contribution >= 0.6 is 34.2 Å². The highest BCUT2D eigenvalue weighted by molar-refractivity contribution is 14.1. The van der Waals surface area contributed by atoms with E-state index in [0.717, 1.165) is 15.1 Å². The summed E-state index contributed by atoms with van der Waals surface area (Å²) in [6, 6.07) is 14.4. The summed E-state index contributed by atoms with van der Waals surface area (Å²) >= 11 is 8.20. The number of benzene rings is 2. The fraction of sp³-hybridized carbons (Fsp3) is 0.520. The fourth-order valence-corrected chi connectivity index (χ4v) is 3.72. The SMILES string of the molecule is CC(CCl)COc1ccc(C(C)(C)c2ccc(OCC(O)COC(C)C)cc2)cc1I. The number of aliphatic hydroxyl groups excluding tert-OH is 1. The largest absolute Gasteiger partial charge is 0.492 e. The molecule has 0 heterocycles. The highest BCUT2D eigenvalue weighted by atomic mass is 127. The Hall–Kier alpha value is -1.02. The molecule has 0 radical (unpaired) electrons. The topological polar surface area (TPSA) is 47.9 Å². The van der Waals surface area contributed by atoms with Crippen LogP contribution in [0.5, 0.6) is 11.5 Å². The van der Waals surface area contributed by atoms with E-state index in [1.165, 1.54) is 11.1 Å². The van der Waals surface area contributed by atoms with Gasteiger partial charge in [0.05, 0.1) is 22.9 Å². The minimum atomic E-state index is -0.645. The van der Waals surface area contributed by atoms with Crippen molar-refractivity contribution < 1.29 is 19.3 Å². The summed E-state index contributed by atoms with van der Waals surface area (Å²) in [7, 11) is 0. The van der Waals surface area contributed by atoms with Crippen LogP contribution in [0.3, 0.4) is 0 Å². The summed E-state index contributed by atoms with van der Waals surface area (Å²) in [5.41, 5.74) is 2.22. The molecule has 31 heavy (non-hydrogen) atoms. The minimum Gasteiger partial charge on any atom is -0.492 e. The van der Waals surface area contributed by atoms with Gasteiger partial charge in [-0.05, 0) is 71.8 Å². The molecular formula is C25H34ClIO4. The zero-order valence-electron chi connectivity index (χ0n) is 19.0. The van der Waals surface area contributed by atoms with E-state index in [1.807, 2.05) is 32.0 Å². The van der Waals surface area contributed by atoms with Gasteiger partial charge in [0, 0.05) is 17.2 Å². The number of rotatable bonds is 12. The Labute approximate surface area is 205 Å². The lowest BCUT2D eigenvalue weighted by molar-refractivity contribution is -0.0122. The van der Waals surface area contributed by atoms with Crippen molar-refractivity contribution in [3.8, 4) is 11.5 Å². The molecule has 2 rings (SSSR count). The van der Waals surface area contributed by atoms with Crippen molar-refractivity contribution in [2.75, 3.05) is 25.7 Å². The van der Waals surface area contributed by atoms with E-state index in [9.17, 15) is 5.11 Å². The van der Waals surface area contributed by atoms with Gasteiger partial charge >= 0.3 is 0 Å². The van der Waals surface area contributed by atoms with E-state index in [-0.39, 0.29) is 24.7 Å². The third kappa shape index (κ3) is 8.12. The Morgan fingerprint density at radius 1 is 0.935 bits per heavy atom. The van der Waals surface area contributed by atoms with Crippen molar-refractivity contribution in [3.63, 3.8) is 0 Å². The standard InChI is InChI=1S/C25H34ClIO4/c1-17(2)29-15-21(28)16-30-22-9-6-19(7-10-22)25(4,5)20-8-11-24(23(27)12-20)31-14-18(3)13-26/h6-12,17-18,21,28H,13-16H2,1-5H3. The van der Waals surface area contributed by atoms with E-state index in [0.29, 0.717) is 18.4 Å². The van der Waals surface area contributed by atoms with Crippen LogP contribution in [0.1, 0.15) is 45.7 Å². The monoisotopic (exact) mass is 560 g/mol. The predicted octanol–water partition coefficient (Wildman–Crippen LogP) is 6.04. The van der Waals surface area contributed by atoms with Crippen molar-refractivity contribution >= 4 is 34.2 Å². The van der Waals surface area contributed by atoms with Crippen molar-refractivity contribution in [2.24, 2.45) is 5.92 Å². The first-order chi connectivity index (χ1) is 14.6. The molecule has 0 aliphatic rings. The Morgan fingerprint density at radius 2 is 1.58 bits per heavy atom. The van der Waals surface area contributed by atoms with Gasteiger partial charge in [-0.25, -0.2) is 0 Å². The van der Waals surface area contributed by atoms with Gasteiger partial charge in [0.15, 0.2) is 0 Å². The van der Waals surface area contributed by atoms with E-state index in [1.54, 1.807) is 0 Å². The average molecular weight is 561 g/mol. The summed E-state index contributed by atoms with van der Waals surface area (Å²) in [5.74, 6) is 2.53. The number of hydrogen-bond donors (Lipinski definition) is 1. The van der Waals surface area contributed by atoms with E-state index in [2.05, 4.69) is 67.6 Å². The molecule has 2 atom stereocenters. The Bertz CT molecular complexity index is 808. The molecule has 0 aliphatic carbocycles. The molecule has 0 amide bonds. The van der Waals surface area contributed by atoms with Crippen LogP contribution in [0.15, 0.2) is 42.5 Å². The molecule has 0 aromatic heterocycles. The Kier molecular flexibility index (Phi) is 10.4. The third-order valence-corrected chi connectivity index (χ3v) is 6.45. The van der Waals surface area contributed by atoms with Crippen molar-refractivity contribution in [1.82, 2.24) is 0 Å². The molecule has 4 nitrogen and oxygen atoms in total. The van der Waals surface area contributed by atoms with Gasteiger partial charge in [0.25, 0.3) is 0 Å². The number of hydrogen-bond acceptors (Lipinski definition) is 4. The second kappa shape index (κ2) is 12.3. The minimum absolute atomic E-state index is 0.0917. The third-order valence-electron chi connectivity index (χ3n) is 5.08. The predicted molar refractivity (Wildman–Crippen MR) is 136 cm³/mol. The zero-order chi connectivity index (χ0) is 23.0. The Balaban J connectivity index is 2.02. The molecule has 2 aromatic rings. The maximum atomic E-state index is 9.96. The second-order valence-corrected chi connectivity index (χ2v) is 10.2. The van der Waals surface area contributed by atoms with Gasteiger partial charge in [0.1, 0.15) is 24.2 Å². The molecule has 2 aromatic carbocycles. The van der Waals surface area contributed by atoms with Crippen LogP contribution < -0.4 is 9.47 Å². The molecule has 172 valence electrons. The highest BCUT2D eigenvalue weighted by Gasteiger charge is 2.24. The smallest absolute Gasteiger partial charge is 0.132 e. The van der Waals surface area contributed by atoms with Gasteiger partial charge in [-0.1, -0.05) is 39.0 Å². The quantitative estimate of drug-likeness (QED) is 0.254. The summed E-state index contributed by atoms with van der Waals surface area (Å²) in [5, 5.41) is 9.96. The molecule has 0 aliphatic heterocycles. The van der Waals surface area contributed by atoms with Crippen LogP contribution in [0.2, 0.25) is 0 Å². The molecule has 0 fully saturated rings. The number of halogens is 2. The molecular weight excluding hydrogens is 527 g/mol. The zero-order valence-corrected chi connectivity index (χ0v) is 21.9.